The van der Waals surface area contributed by atoms with E-state index in [4.69, 9.17) is 0 Å². The second kappa shape index (κ2) is 6.89. The van der Waals surface area contributed by atoms with Gasteiger partial charge in [-0.1, -0.05) is 64.1 Å². The van der Waals surface area contributed by atoms with Gasteiger partial charge in [-0.3, -0.25) is 0 Å². The lowest BCUT2D eigenvalue weighted by Crippen LogP contribution is -2.09. The summed E-state index contributed by atoms with van der Waals surface area (Å²) >= 11 is 0. The van der Waals surface area contributed by atoms with Crippen LogP contribution in [-0.4, -0.2) is 0 Å². The largest absolute Gasteiger partial charge is 0.207 e. The Kier molecular flexibility index (Phi) is 5.17. The molecule has 2 rings (SSSR count). The van der Waals surface area contributed by atoms with Crippen molar-refractivity contribution in [3.63, 3.8) is 0 Å². The molecule has 0 amide bonds. The van der Waals surface area contributed by atoms with Crippen molar-refractivity contribution in [1.29, 1.82) is 0 Å². The summed E-state index contributed by atoms with van der Waals surface area (Å²) in [7, 11) is 0. The molecule has 0 aliphatic carbocycles. The van der Waals surface area contributed by atoms with Crippen molar-refractivity contribution >= 4 is 0 Å². The van der Waals surface area contributed by atoms with E-state index in [1.54, 1.807) is 0 Å². The summed E-state index contributed by atoms with van der Waals surface area (Å²) in [6, 6.07) is 15.4. The van der Waals surface area contributed by atoms with Crippen LogP contribution < -0.4 is 0 Å². The zero-order chi connectivity index (χ0) is 15.4. The zero-order valence-corrected chi connectivity index (χ0v) is 13.4. The van der Waals surface area contributed by atoms with Crippen LogP contribution in [0.1, 0.15) is 45.6 Å². The Labute approximate surface area is 128 Å². The van der Waals surface area contributed by atoms with E-state index in [0.717, 1.165) is 11.1 Å². The standard InChI is InChI=1S/C20H25F/c1-14(2)13-20(15(3)4)18-7-5-16(6-8-18)17-9-11-19(21)12-10-17/h5-12,14-15,20H,13H2,1-4H3/t20-/m1/s1. The molecular weight excluding hydrogens is 259 g/mol. The van der Waals surface area contributed by atoms with E-state index in [1.807, 2.05) is 12.1 Å². The molecule has 0 unspecified atom stereocenters. The van der Waals surface area contributed by atoms with Gasteiger partial charge in [0.2, 0.25) is 0 Å². The van der Waals surface area contributed by atoms with Gasteiger partial charge in [-0.05, 0) is 53.0 Å². The minimum atomic E-state index is -0.188. The third-order valence-electron chi connectivity index (χ3n) is 4.05. The summed E-state index contributed by atoms with van der Waals surface area (Å²) in [6.07, 6.45) is 1.22. The lowest BCUT2D eigenvalue weighted by atomic mass is 9.82. The predicted octanol–water partition coefficient (Wildman–Crippen LogP) is 6.28. The monoisotopic (exact) mass is 284 g/mol. The topological polar surface area (TPSA) is 0 Å². The third-order valence-corrected chi connectivity index (χ3v) is 4.05. The molecule has 0 saturated carbocycles. The van der Waals surface area contributed by atoms with Gasteiger partial charge in [0, 0.05) is 0 Å². The highest BCUT2D eigenvalue weighted by Crippen LogP contribution is 2.32. The first-order valence-corrected chi connectivity index (χ1v) is 7.83. The summed E-state index contributed by atoms with van der Waals surface area (Å²) < 4.78 is 13.0. The van der Waals surface area contributed by atoms with Crippen LogP contribution in [0.2, 0.25) is 0 Å². The first kappa shape index (κ1) is 15.8. The molecule has 2 aromatic carbocycles. The molecule has 1 heteroatoms. The fraction of sp³-hybridized carbons (Fsp3) is 0.400. The van der Waals surface area contributed by atoms with Gasteiger partial charge < -0.3 is 0 Å². The maximum Gasteiger partial charge on any atom is 0.123 e. The van der Waals surface area contributed by atoms with Crippen molar-refractivity contribution in [3.8, 4) is 11.1 Å². The molecule has 0 fully saturated rings. The smallest absolute Gasteiger partial charge is 0.123 e. The van der Waals surface area contributed by atoms with Gasteiger partial charge in [0.1, 0.15) is 5.82 Å². The molecule has 112 valence electrons. The van der Waals surface area contributed by atoms with Crippen molar-refractivity contribution in [2.45, 2.75) is 40.0 Å². The Balaban J connectivity index is 2.22. The predicted molar refractivity (Wildman–Crippen MR) is 88.9 cm³/mol. The van der Waals surface area contributed by atoms with Crippen molar-refractivity contribution < 1.29 is 4.39 Å². The Bertz CT molecular complexity index is 549. The summed E-state index contributed by atoms with van der Waals surface area (Å²) in [6.45, 7) is 9.15. The molecule has 1 atom stereocenters. The van der Waals surface area contributed by atoms with Gasteiger partial charge in [0.15, 0.2) is 0 Å². The SMILES string of the molecule is CC(C)C[C@@H](c1ccc(-c2ccc(F)cc2)cc1)C(C)C. The molecule has 0 aliphatic rings. The highest BCUT2D eigenvalue weighted by Gasteiger charge is 2.17. The molecule has 0 bridgehead atoms. The van der Waals surface area contributed by atoms with Crippen LogP contribution in [0.15, 0.2) is 48.5 Å². The third kappa shape index (κ3) is 4.17. The maximum atomic E-state index is 13.0. The van der Waals surface area contributed by atoms with Crippen molar-refractivity contribution in [2.24, 2.45) is 11.8 Å². The van der Waals surface area contributed by atoms with Crippen molar-refractivity contribution in [1.82, 2.24) is 0 Å². The fourth-order valence-corrected chi connectivity index (χ4v) is 2.87. The first-order chi connectivity index (χ1) is 9.97. The van der Waals surface area contributed by atoms with E-state index in [1.165, 1.54) is 24.1 Å². The number of benzene rings is 2. The van der Waals surface area contributed by atoms with Gasteiger partial charge in [-0.2, -0.15) is 0 Å². The average molecular weight is 284 g/mol. The molecule has 0 aromatic heterocycles. The number of halogens is 1. The number of hydrogen-bond donors (Lipinski definition) is 0. The van der Waals surface area contributed by atoms with Crippen LogP contribution >= 0.6 is 0 Å². The zero-order valence-electron chi connectivity index (χ0n) is 13.4. The van der Waals surface area contributed by atoms with Crippen molar-refractivity contribution in [3.05, 3.63) is 59.9 Å². The lowest BCUT2D eigenvalue weighted by Gasteiger charge is -2.23. The van der Waals surface area contributed by atoms with Crippen LogP contribution in [0.3, 0.4) is 0 Å². The minimum Gasteiger partial charge on any atom is -0.207 e. The Hall–Kier alpha value is -1.63. The van der Waals surface area contributed by atoms with Gasteiger partial charge in [0.05, 0.1) is 0 Å². The van der Waals surface area contributed by atoms with Crippen LogP contribution in [0, 0.1) is 17.7 Å². The Morgan fingerprint density at radius 3 is 1.67 bits per heavy atom. The van der Waals surface area contributed by atoms with E-state index in [2.05, 4.69) is 52.0 Å². The van der Waals surface area contributed by atoms with E-state index < -0.39 is 0 Å². The second-order valence-corrected chi connectivity index (χ2v) is 6.61. The summed E-state index contributed by atoms with van der Waals surface area (Å²) in [5.74, 6) is 1.76. The lowest BCUT2D eigenvalue weighted by molar-refractivity contribution is 0.408. The molecule has 0 saturated heterocycles. The van der Waals surface area contributed by atoms with Gasteiger partial charge in [-0.25, -0.2) is 4.39 Å². The minimum absolute atomic E-state index is 0.188. The van der Waals surface area contributed by atoms with Crippen LogP contribution in [0.25, 0.3) is 11.1 Å². The van der Waals surface area contributed by atoms with Gasteiger partial charge in [-0.15, -0.1) is 0 Å². The second-order valence-electron chi connectivity index (χ2n) is 6.61. The van der Waals surface area contributed by atoms with Crippen LogP contribution in [0.4, 0.5) is 4.39 Å². The van der Waals surface area contributed by atoms with E-state index >= 15 is 0 Å². The first-order valence-electron chi connectivity index (χ1n) is 7.83. The Morgan fingerprint density at radius 1 is 0.762 bits per heavy atom. The molecule has 0 nitrogen and oxygen atoms in total. The average Bonchev–Trinajstić information content (AvgIpc) is 2.45. The van der Waals surface area contributed by atoms with Crippen LogP contribution in [-0.2, 0) is 0 Å². The molecule has 2 aromatic rings. The summed E-state index contributed by atoms with van der Waals surface area (Å²) in [5.41, 5.74) is 3.61. The highest BCUT2D eigenvalue weighted by atomic mass is 19.1. The van der Waals surface area contributed by atoms with Crippen LogP contribution in [0.5, 0.6) is 0 Å². The highest BCUT2D eigenvalue weighted by molar-refractivity contribution is 5.63. The molecule has 21 heavy (non-hydrogen) atoms. The van der Waals surface area contributed by atoms with Crippen molar-refractivity contribution in [2.75, 3.05) is 0 Å². The molecule has 0 aliphatic heterocycles. The molecular formula is C20H25F. The summed E-state index contributed by atoms with van der Waals surface area (Å²) in [5, 5.41) is 0. The quantitative estimate of drug-likeness (QED) is 0.606. The van der Waals surface area contributed by atoms with E-state index in [9.17, 15) is 4.39 Å². The fourth-order valence-electron chi connectivity index (χ4n) is 2.87. The number of hydrogen-bond acceptors (Lipinski definition) is 0. The van der Waals surface area contributed by atoms with Gasteiger partial charge in [0.25, 0.3) is 0 Å². The van der Waals surface area contributed by atoms with E-state index in [0.29, 0.717) is 17.8 Å². The normalized spacial score (nSPS) is 12.9. The Morgan fingerprint density at radius 2 is 1.24 bits per heavy atom. The molecule has 0 heterocycles. The molecule has 0 radical (unpaired) electrons. The maximum absolute atomic E-state index is 13.0. The van der Waals surface area contributed by atoms with E-state index in [-0.39, 0.29) is 5.82 Å². The summed E-state index contributed by atoms with van der Waals surface area (Å²) in [4.78, 5) is 0. The molecule has 0 N–H and O–H groups in total. The number of rotatable bonds is 5. The van der Waals surface area contributed by atoms with Gasteiger partial charge >= 0.3 is 0 Å². The molecule has 0 spiro atoms.